The van der Waals surface area contributed by atoms with Crippen molar-refractivity contribution < 1.29 is 9.53 Å². The SMILES string of the molecule is CNC(=O)c1ccc(-c2nc3ccccc3n2C(C)C2CCOCC2)cc1. The van der Waals surface area contributed by atoms with Crippen LogP contribution in [-0.2, 0) is 4.74 Å². The van der Waals surface area contributed by atoms with Crippen LogP contribution >= 0.6 is 0 Å². The van der Waals surface area contributed by atoms with Gasteiger partial charge in [-0.2, -0.15) is 0 Å². The average Bonchev–Trinajstić information content (AvgIpc) is 3.13. The fourth-order valence-corrected chi connectivity index (χ4v) is 3.98. The van der Waals surface area contributed by atoms with E-state index in [1.165, 1.54) is 0 Å². The van der Waals surface area contributed by atoms with Gasteiger partial charge in [0.1, 0.15) is 5.82 Å². The molecule has 2 aromatic carbocycles. The van der Waals surface area contributed by atoms with Gasteiger partial charge in [-0.05, 0) is 49.9 Å². The largest absolute Gasteiger partial charge is 0.381 e. The van der Waals surface area contributed by atoms with Crippen molar-refractivity contribution in [2.75, 3.05) is 20.3 Å². The lowest BCUT2D eigenvalue weighted by Crippen LogP contribution is -2.24. The van der Waals surface area contributed by atoms with E-state index in [0.717, 1.165) is 48.5 Å². The number of hydrogen-bond donors (Lipinski definition) is 1. The summed E-state index contributed by atoms with van der Waals surface area (Å²) in [5, 5.41) is 2.66. The fraction of sp³-hybridized carbons (Fsp3) is 0.364. The Morgan fingerprint density at radius 2 is 1.85 bits per heavy atom. The first-order valence-corrected chi connectivity index (χ1v) is 9.56. The van der Waals surface area contributed by atoms with Gasteiger partial charge in [-0.25, -0.2) is 4.98 Å². The van der Waals surface area contributed by atoms with Crippen molar-refractivity contribution in [3.05, 3.63) is 54.1 Å². The minimum Gasteiger partial charge on any atom is -0.381 e. The van der Waals surface area contributed by atoms with Gasteiger partial charge >= 0.3 is 0 Å². The Bertz CT molecular complexity index is 940. The highest BCUT2D eigenvalue weighted by atomic mass is 16.5. The van der Waals surface area contributed by atoms with Crippen LogP contribution in [0.5, 0.6) is 0 Å². The molecule has 0 radical (unpaired) electrons. The number of rotatable bonds is 4. The number of nitrogens with zero attached hydrogens (tertiary/aromatic N) is 2. The van der Waals surface area contributed by atoms with Crippen LogP contribution in [0.3, 0.4) is 0 Å². The predicted molar refractivity (Wildman–Crippen MR) is 107 cm³/mol. The summed E-state index contributed by atoms with van der Waals surface area (Å²) in [7, 11) is 1.64. The molecule has 1 aliphatic heterocycles. The quantitative estimate of drug-likeness (QED) is 0.761. The molecule has 1 aliphatic rings. The number of nitrogens with one attached hydrogen (secondary N) is 1. The van der Waals surface area contributed by atoms with Crippen LogP contribution in [-0.4, -0.2) is 35.7 Å². The van der Waals surface area contributed by atoms with Gasteiger partial charge in [0.2, 0.25) is 0 Å². The van der Waals surface area contributed by atoms with Gasteiger partial charge in [0.25, 0.3) is 5.91 Å². The molecule has 4 rings (SSSR count). The van der Waals surface area contributed by atoms with Crippen LogP contribution in [0.1, 0.15) is 36.2 Å². The summed E-state index contributed by atoms with van der Waals surface area (Å²) in [6.07, 6.45) is 2.14. The third-order valence-corrected chi connectivity index (χ3v) is 5.58. The number of amides is 1. The number of hydrogen-bond acceptors (Lipinski definition) is 3. The van der Waals surface area contributed by atoms with Crippen molar-refractivity contribution in [2.45, 2.75) is 25.8 Å². The molecule has 1 unspecified atom stereocenters. The van der Waals surface area contributed by atoms with Gasteiger partial charge in [0, 0.05) is 37.4 Å². The summed E-state index contributed by atoms with van der Waals surface area (Å²) in [6, 6.07) is 16.3. The summed E-state index contributed by atoms with van der Waals surface area (Å²) >= 11 is 0. The van der Waals surface area contributed by atoms with Gasteiger partial charge < -0.3 is 14.6 Å². The maximum Gasteiger partial charge on any atom is 0.251 e. The molecular weight excluding hydrogens is 338 g/mol. The van der Waals surface area contributed by atoms with E-state index in [1.807, 2.05) is 30.3 Å². The van der Waals surface area contributed by atoms with Crippen molar-refractivity contribution >= 4 is 16.9 Å². The molecule has 0 bridgehead atoms. The van der Waals surface area contributed by atoms with Gasteiger partial charge in [-0.3, -0.25) is 4.79 Å². The van der Waals surface area contributed by atoms with Crippen molar-refractivity contribution in [1.82, 2.24) is 14.9 Å². The van der Waals surface area contributed by atoms with Crippen LogP contribution < -0.4 is 5.32 Å². The Balaban J connectivity index is 1.79. The Kier molecular flexibility index (Phi) is 4.94. The number of aromatic nitrogens is 2. The smallest absolute Gasteiger partial charge is 0.251 e. The van der Waals surface area contributed by atoms with Gasteiger partial charge in [0.05, 0.1) is 11.0 Å². The second-order valence-electron chi connectivity index (χ2n) is 7.14. The first kappa shape index (κ1) is 17.7. The number of carbonyl (C=O) groups excluding carboxylic acids is 1. The normalized spacial score (nSPS) is 16.4. The lowest BCUT2D eigenvalue weighted by atomic mass is 9.92. The molecule has 1 N–H and O–H groups in total. The monoisotopic (exact) mass is 363 g/mol. The van der Waals surface area contributed by atoms with E-state index >= 15 is 0 Å². The Labute approximate surface area is 159 Å². The van der Waals surface area contributed by atoms with Crippen LogP contribution in [0.4, 0.5) is 0 Å². The average molecular weight is 363 g/mol. The van der Waals surface area contributed by atoms with Crippen molar-refractivity contribution in [1.29, 1.82) is 0 Å². The van der Waals surface area contributed by atoms with E-state index in [4.69, 9.17) is 9.72 Å². The number of ether oxygens (including phenoxy) is 1. The molecule has 0 spiro atoms. The topological polar surface area (TPSA) is 56.2 Å². The Hall–Kier alpha value is -2.66. The second kappa shape index (κ2) is 7.53. The van der Waals surface area contributed by atoms with E-state index in [9.17, 15) is 4.79 Å². The lowest BCUT2D eigenvalue weighted by molar-refractivity contribution is 0.0521. The summed E-state index contributed by atoms with van der Waals surface area (Å²) < 4.78 is 7.91. The first-order chi connectivity index (χ1) is 13.2. The zero-order chi connectivity index (χ0) is 18.8. The molecule has 140 valence electrons. The molecule has 0 saturated carbocycles. The third-order valence-electron chi connectivity index (χ3n) is 5.58. The zero-order valence-electron chi connectivity index (χ0n) is 15.8. The number of para-hydroxylation sites is 2. The lowest BCUT2D eigenvalue weighted by Gasteiger charge is -2.30. The second-order valence-corrected chi connectivity index (χ2v) is 7.14. The molecule has 1 atom stereocenters. The maximum absolute atomic E-state index is 11.8. The highest BCUT2D eigenvalue weighted by Crippen LogP contribution is 2.35. The predicted octanol–water partition coefficient (Wildman–Crippen LogP) is 4.05. The molecule has 0 aliphatic carbocycles. The van der Waals surface area contributed by atoms with Crippen molar-refractivity contribution in [3.63, 3.8) is 0 Å². The molecule has 5 heteroatoms. The minimum absolute atomic E-state index is 0.0781. The molecule has 27 heavy (non-hydrogen) atoms. The summed E-state index contributed by atoms with van der Waals surface area (Å²) in [4.78, 5) is 16.8. The zero-order valence-corrected chi connectivity index (χ0v) is 15.8. The number of carbonyl (C=O) groups is 1. The minimum atomic E-state index is -0.0781. The van der Waals surface area contributed by atoms with E-state index < -0.39 is 0 Å². The summed E-state index contributed by atoms with van der Waals surface area (Å²) in [6.45, 7) is 3.95. The van der Waals surface area contributed by atoms with Crippen molar-refractivity contribution in [3.8, 4) is 11.4 Å². The van der Waals surface area contributed by atoms with E-state index in [1.54, 1.807) is 7.05 Å². The highest BCUT2D eigenvalue weighted by Gasteiger charge is 2.26. The van der Waals surface area contributed by atoms with Crippen LogP contribution in [0.25, 0.3) is 22.4 Å². The molecule has 1 amide bonds. The molecule has 3 aromatic rings. The molecular formula is C22H25N3O2. The molecule has 1 saturated heterocycles. The third kappa shape index (κ3) is 3.35. The molecule has 1 aromatic heterocycles. The van der Waals surface area contributed by atoms with Gasteiger partial charge in [-0.15, -0.1) is 0 Å². The number of fused-ring (bicyclic) bond motifs is 1. The summed E-state index contributed by atoms with van der Waals surface area (Å²) in [5.74, 6) is 1.45. The molecule has 2 heterocycles. The first-order valence-electron chi connectivity index (χ1n) is 9.56. The van der Waals surface area contributed by atoms with E-state index in [-0.39, 0.29) is 5.91 Å². The van der Waals surface area contributed by atoms with Gasteiger partial charge in [-0.1, -0.05) is 24.3 Å². The standard InChI is InChI=1S/C22H25N3O2/c1-15(16-11-13-27-14-12-16)25-20-6-4-3-5-19(20)24-21(25)17-7-9-18(10-8-17)22(26)23-2/h3-10,15-16H,11-14H2,1-2H3,(H,23,26). The molecule has 1 fully saturated rings. The number of imidazole rings is 1. The number of benzene rings is 2. The van der Waals surface area contributed by atoms with Crippen LogP contribution in [0.2, 0.25) is 0 Å². The van der Waals surface area contributed by atoms with Crippen LogP contribution in [0, 0.1) is 5.92 Å². The van der Waals surface area contributed by atoms with E-state index in [0.29, 0.717) is 17.5 Å². The van der Waals surface area contributed by atoms with Gasteiger partial charge in [0.15, 0.2) is 0 Å². The maximum atomic E-state index is 11.8. The highest BCUT2D eigenvalue weighted by molar-refractivity contribution is 5.94. The Morgan fingerprint density at radius 1 is 1.15 bits per heavy atom. The Morgan fingerprint density at radius 3 is 2.56 bits per heavy atom. The van der Waals surface area contributed by atoms with Crippen LogP contribution in [0.15, 0.2) is 48.5 Å². The van der Waals surface area contributed by atoms with Crippen molar-refractivity contribution in [2.24, 2.45) is 5.92 Å². The fourth-order valence-electron chi connectivity index (χ4n) is 3.98. The molecule has 5 nitrogen and oxygen atoms in total. The van der Waals surface area contributed by atoms with E-state index in [2.05, 4.69) is 35.0 Å². The summed E-state index contributed by atoms with van der Waals surface area (Å²) in [5.41, 5.74) is 3.84.